The van der Waals surface area contributed by atoms with Gasteiger partial charge in [-0.05, 0) is 50.9 Å². The molecular weight excluding hydrogens is 368 g/mol. The Labute approximate surface area is 110 Å². The van der Waals surface area contributed by atoms with Crippen molar-refractivity contribution in [2.75, 3.05) is 13.1 Å². The highest BCUT2D eigenvalue weighted by atomic mass is 79.9. The third kappa shape index (κ3) is 3.79. The van der Waals surface area contributed by atoms with Gasteiger partial charge in [-0.15, -0.1) is 11.3 Å². The molecule has 0 aromatic carbocycles. The van der Waals surface area contributed by atoms with Gasteiger partial charge < -0.3 is 5.73 Å². The summed E-state index contributed by atoms with van der Waals surface area (Å²) in [4.78, 5) is 0.261. The fraction of sp³-hybridized carbons (Fsp3) is 0.429. The zero-order chi connectivity index (χ0) is 11.5. The normalized spacial score (nSPS) is 11.9. The first-order chi connectivity index (χ1) is 6.97. The first kappa shape index (κ1) is 13.6. The molecule has 0 aliphatic carbocycles. The van der Waals surface area contributed by atoms with E-state index in [4.69, 9.17) is 5.73 Å². The number of sulfonamides is 1. The SMILES string of the molecule is NCCCNS(=O)(=O)c1cc(Br)sc1Br. The lowest BCUT2D eigenvalue weighted by Gasteiger charge is -2.04. The Hall–Kier alpha value is 0.530. The van der Waals surface area contributed by atoms with E-state index in [-0.39, 0.29) is 4.90 Å². The fourth-order valence-electron chi connectivity index (χ4n) is 0.895. The van der Waals surface area contributed by atoms with Gasteiger partial charge in [-0.3, -0.25) is 0 Å². The molecule has 0 bridgehead atoms. The van der Waals surface area contributed by atoms with Gasteiger partial charge in [-0.1, -0.05) is 0 Å². The molecule has 0 saturated heterocycles. The van der Waals surface area contributed by atoms with Crippen molar-refractivity contribution in [1.29, 1.82) is 0 Å². The van der Waals surface area contributed by atoms with Crippen LogP contribution in [0.15, 0.2) is 18.5 Å². The number of hydrogen-bond acceptors (Lipinski definition) is 4. The molecule has 15 heavy (non-hydrogen) atoms. The standard InChI is InChI=1S/C7H10Br2N2O2S2/c8-6-4-5(7(9)14-6)15(12,13)11-3-1-2-10/h4,11H,1-3,10H2. The van der Waals surface area contributed by atoms with Crippen LogP contribution in [0.25, 0.3) is 0 Å². The van der Waals surface area contributed by atoms with Crippen molar-refractivity contribution in [2.24, 2.45) is 5.73 Å². The molecule has 86 valence electrons. The van der Waals surface area contributed by atoms with E-state index >= 15 is 0 Å². The van der Waals surface area contributed by atoms with Crippen LogP contribution in [-0.4, -0.2) is 21.5 Å². The van der Waals surface area contributed by atoms with E-state index < -0.39 is 10.0 Å². The number of halogens is 2. The summed E-state index contributed by atoms with van der Waals surface area (Å²) in [6, 6.07) is 1.57. The minimum atomic E-state index is -3.41. The van der Waals surface area contributed by atoms with Crippen LogP contribution in [0.3, 0.4) is 0 Å². The average molecular weight is 378 g/mol. The lowest BCUT2D eigenvalue weighted by molar-refractivity contribution is 0.579. The lowest BCUT2D eigenvalue weighted by atomic mass is 10.4. The van der Waals surface area contributed by atoms with Gasteiger partial charge in [-0.2, -0.15) is 0 Å². The minimum absolute atomic E-state index is 0.261. The second-order valence-corrected chi connectivity index (χ2v) is 8.21. The highest BCUT2D eigenvalue weighted by Crippen LogP contribution is 2.34. The molecule has 0 unspecified atom stereocenters. The first-order valence-electron chi connectivity index (χ1n) is 4.12. The minimum Gasteiger partial charge on any atom is -0.330 e. The summed E-state index contributed by atoms with van der Waals surface area (Å²) < 4.78 is 27.3. The highest BCUT2D eigenvalue weighted by molar-refractivity contribution is 9.12. The average Bonchev–Trinajstić information content (AvgIpc) is 2.46. The number of hydrogen-bond donors (Lipinski definition) is 2. The van der Waals surface area contributed by atoms with Gasteiger partial charge in [0.15, 0.2) is 0 Å². The van der Waals surface area contributed by atoms with Crippen molar-refractivity contribution in [3.8, 4) is 0 Å². The Kier molecular flexibility index (Phi) is 5.20. The maximum absolute atomic E-state index is 11.7. The van der Waals surface area contributed by atoms with Crippen LogP contribution >= 0.6 is 43.2 Å². The Bertz CT molecular complexity index is 430. The third-order valence-corrected chi connectivity index (χ3v) is 5.80. The predicted octanol–water partition coefficient (Wildman–Crippen LogP) is 1.90. The molecule has 1 aromatic rings. The number of nitrogens with one attached hydrogen (secondary N) is 1. The quantitative estimate of drug-likeness (QED) is 0.769. The Morgan fingerprint density at radius 1 is 1.47 bits per heavy atom. The second-order valence-electron chi connectivity index (χ2n) is 2.73. The lowest BCUT2D eigenvalue weighted by Crippen LogP contribution is -2.26. The van der Waals surface area contributed by atoms with Gasteiger partial charge in [-0.25, -0.2) is 13.1 Å². The summed E-state index contributed by atoms with van der Waals surface area (Å²) in [6.45, 7) is 0.829. The van der Waals surface area contributed by atoms with E-state index in [0.717, 1.165) is 3.79 Å². The zero-order valence-electron chi connectivity index (χ0n) is 7.66. The van der Waals surface area contributed by atoms with Crippen LogP contribution < -0.4 is 10.5 Å². The van der Waals surface area contributed by atoms with Crippen LogP contribution in [0.1, 0.15) is 6.42 Å². The molecule has 3 N–H and O–H groups in total. The van der Waals surface area contributed by atoms with Crippen molar-refractivity contribution < 1.29 is 8.42 Å². The van der Waals surface area contributed by atoms with Crippen molar-refractivity contribution in [3.05, 3.63) is 13.6 Å². The number of nitrogens with two attached hydrogens (primary N) is 1. The molecule has 0 fully saturated rings. The van der Waals surface area contributed by atoms with E-state index in [1.165, 1.54) is 11.3 Å². The summed E-state index contributed by atoms with van der Waals surface area (Å²) in [5.74, 6) is 0. The monoisotopic (exact) mass is 376 g/mol. The first-order valence-corrected chi connectivity index (χ1v) is 8.00. The maximum atomic E-state index is 11.7. The molecule has 0 saturated carbocycles. The topological polar surface area (TPSA) is 72.2 Å². The molecule has 1 rings (SSSR count). The number of thiophene rings is 1. The van der Waals surface area contributed by atoms with Gasteiger partial charge in [0.25, 0.3) is 0 Å². The smallest absolute Gasteiger partial charge is 0.242 e. The molecule has 0 spiro atoms. The second kappa shape index (κ2) is 5.74. The fourth-order valence-corrected chi connectivity index (χ4v) is 5.78. The summed E-state index contributed by atoms with van der Waals surface area (Å²) in [5.41, 5.74) is 5.28. The largest absolute Gasteiger partial charge is 0.330 e. The van der Waals surface area contributed by atoms with E-state index in [0.29, 0.717) is 23.3 Å². The predicted molar refractivity (Wildman–Crippen MR) is 68.6 cm³/mol. The summed E-state index contributed by atoms with van der Waals surface area (Å²) >= 11 is 7.76. The van der Waals surface area contributed by atoms with E-state index in [2.05, 4.69) is 36.6 Å². The van der Waals surface area contributed by atoms with E-state index in [1.54, 1.807) is 6.07 Å². The van der Waals surface area contributed by atoms with Crippen molar-refractivity contribution in [3.63, 3.8) is 0 Å². The summed E-state index contributed by atoms with van der Waals surface area (Å²) in [7, 11) is -3.41. The van der Waals surface area contributed by atoms with Gasteiger partial charge in [0.2, 0.25) is 10.0 Å². The third-order valence-electron chi connectivity index (χ3n) is 1.59. The molecule has 0 aliphatic rings. The molecule has 1 aromatic heterocycles. The van der Waals surface area contributed by atoms with Crippen molar-refractivity contribution >= 4 is 53.2 Å². The van der Waals surface area contributed by atoms with Crippen LogP contribution in [0, 0.1) is 0 Å². The van der Waals surface area contributed by atoms with Crippen molar-refractivity contribution in [1.82, 2.24) is 4.72 Å². The molecule has 0 aliphatic heterocycles. The zero-order valence-corrected chi connectivity index (χ0v) is 12.5. The molecule has 4 nitrogen and oxygen atoms in total. The van der Waals surface area contributed by atoms with Crippen LogP contribution in [0.2, 0.25) is 0 Å². The Balaban J connectivity index is 2.82. The van der Waals surface area contributed by atoms with Gasteiger partial charge in [0.1, 0.15) is 4.90 Å². The molecule has 1 heterocycles. The summed E-state index contributed by atoms with van der Waals surface area (Å²) in [6.07, 6.45) is 0.627. The Morgan fingerprint density at radius 2 is 2.13 bits per heavy atom. The van der Waals surface area contributed by atoms with Crippen LogP contribution in [0.4, 0.5) is 0 Å². The number of rotatable bonds is 5. The summed E-state index contributed by atoms with van der Waals surface area (Å²) in [5, 5.41) is 0. The highest BCUT2D eigenvalue weighted by Gasteiger charge is 2.19. The Morgan fingerprint density at radius 3 is 2.60 bits per heavy atom. The molecular formula is C7H10Br2N2O2S2. The van der Waals surface area contributed by atoms with Crippen molar-refractivity contribution in [2.45, 2.75) is 11.3 Å². The van der Waals surface area contributed by atoms with Crippen LogP contribution in [0.5, 0.6) is 0 Å². The van der Waals surface area contributed by atoms with E-state index in [9.17, 15) is 8.42 Å². The van der Waals surface area contributed by atoms with Gasteiger partial charge in [0, 0.05) is 6.54 Å². The molecule has 8 heteroatoms. The van der Waals surface area contributed by atoms with Gasteiger partial charge in [0.05, 0.1) is 7.57 Å². The van der Waals surface area contributed by atoms with Gasteiger partial charge >= 0.3 is 0 Å². The maximum Gasteiger partial charge on any atom is 0.242 e. The van der Waals surface area contributed by atoms with E-state index in [1.807, 2.05) is 0 Å². The van der Waals surface area contributed by atoms with Crippen LogP contribution in [-0.2, 0) is 10.0 Å². The molecule has 0 atom stereocenters. The molecule has 0 radical (unpaired) electrons. The molecule has 0 amide bonds.